The van der Waals surface area contributed by atoms with Crippen molar-refractivity contribution in [3.63, 3.8) is 0 Å². The van der Waals surface area contributed by atoms with E-state index in [1.54, 1.807) is 37.3 Å². The lowest BCUT2D eigenvalue weighted by Crippen LogP contribution is -2.17. The van der Waals surface area contributed by atoms with Crippen LogP contribution in [0.25, 0.3) is 0 Å². The number of amides is 2. The van der Waals surface area contributed by atoms with Crippen molar-refractivity contribution < 1.29 is 9.59 Å². The molecule has 0 fully saturated rings. The van der Waals surface area contributed by atoms with Crippen molar-refractivity contribution >= 4 is 23.2 Å². The van der Waals surface area contributed by atoms with Crippen molar-refractivity contribution in [2.45, 2.75) is 20.8 Å². The van der Waals surface area contributed by atoms with E-state index in [4.69, 9.17) is 0 Å². The molecule has 0 aliphatic carbocycles. The highest BCUT2D eigenvalue weighted by Gasteiger charge is 2.06. The molecule has 1 aromatic carbocycles. The predicted molar refractivity (Wildman–Crippen MR) is 73.4 cm³/mol. The van der Waals surface area contributed by atoms with Gasteiger partial charge in [-0.2, -0.15) is 0 Å². The van der Waals surface area contributed by atoms with Gasteiger partial charge in [-0.15, -0.1) is 0 Å². The maximum Gasteiger partial charge on any atom is 0.248 e. The second-order valence-corrected chi connectivity index (χ2v) is 4.21. The summed E-state index contributed by atoms with van der Waals surface area (Å²) in [5.41, 5.74) is 1.42. The summed E-state index contributed by atoms with van der Waals surface area (Å²) in [6.45, 7) is 5.45. The Morgan fingerprint density at radius 1 is 1.06 bits per heavy atom. The van der Waals surface area contributed by atoms with Crippen molar-refractivity contribution in [2.24, 2.45) is 5.92 Å². The monoisotopic (exact) mass is 246 g/mol. The molecule has 0 aliphatic rings. The Bertz CT molecular complexity index is 447. The Kier molecular flexibility index (Phi) is 5.11. The molecule has 0 atom stereocenters. The maximum atomic E-state index is 11.5. The number of hydrogen-bond acceptors (Lipinski definition) is 2. The van der Waals surface area contributed by atoms with E-state index in [0.29, 0.717) is 5.69 Å². The van der Waals surface area contributed by atoms with E-state index in [9.17, 15) is 9.59 Å². The number of rotatable bonds is 4. The quantitative estimate of drug-likeness (QED) is 0.802. The summed E-state index contributed by atoms with van der Waals surface area (Å²) < 4.78 is 0. The molecular formula is C14H18N2O2. The summed E-state index contributed by atoms with van der Waals surface area (Å²) in [7, 11) is 0. The van der Waals surface area contributed by atoms with Crippen LogP contribution in [0.4, 0.5) is 11.4 Å². The lowest BCUT2D eigenvalue weighted by molar-refractivity contribution is -0.119. The zero-order chi connectivity index (χ0) is 13.5. The van der Waals surface area contributed by atoms with Crippen LogP contribution in [0, 0.1) is 5.92 Å². The fraction of sp³-hybridized carbons (Fsp3) is 0.286. The first kappa shape index (κ1) is 14.0. The molecule has 96 valence electrons. The van der Waals surface area contributed by atoms with Gasteiger partial charge in [0.15, 0.2) is 0 Å². The third kappa shape index (κ3) is 4.41. The average molecular weight is 246 g/mol. The van der Waals surface area contributed by atoms with Crippen molar-refractivity contribution in [1.29, 1.82) is 0 Å². The second kappa shape index (κ2) is 6.59. The third-order valence-corrected chi connectivity index (χ3v) is 2.26. The van der Waals surface area contributed by atoms with Crippen molar-refractivity contribution in [3.8, 4) is 0 Å². The van der Waals surface area contributed by atoms with Crippen LogP contribution >= 0.6 is 0 Å². The van der Waals surface area contributed by atoms with Gasteiger partial charge in [0.25, 0.3) is 0 Å². The zero-order valence-corrected chi connectivity index (χ0v) is 10.9. The van der Waals surface area contributed by atoms with Gasteiger partial charge in [0, 0.05) is 17.3 Å². The highest BCUT2D eigenvalue weighted by atomic mass is 16.2. The van der Waals surface area contributed by atoms with E-state index in [0.717, 1.165) is 5.69 Å². The first-order valence-electron chi connectivity index (χ1n) is 5.87. The van der Waals surface area contributed by atoms with Crippen LogP contribution in [0.1, 0.15) is 20.8 Å². The fourth-order valence-electron chi connectivity index (χ4n) is 1.26. The van der Waals surface area contributed by atoms with E-state index in [1.165, 1.54) is 6.08 Å². The van der Waals surface area contributed by atoms with E-state index >= 15 is 0 Å². The number of nitrogens with one attached hydrogen (secondary N) is 2. The standard InChI is InChI=1S/C14H18N2O2/c1-4-5-13(17)15-11-6-8-12(9-7-11)16-14(18)10(2)3/h4-10H,1-3H3,(H,15,17)(H,16,18). The van der Waals surface area contributed by atoms with E-state index < -0.39 is 0 Å². The number of carbonyl (C=O) groups is 2. The topological polar surface area (TPSA) is 58.2 Å². The average Bonchev–Trinajstić information content (AvgIpc) is 2.31. The maximum absolute atomic E-state index is 11.5. The summed E-state index contributed by atoms with van der Waals surface area (Å²) in [6.07, 6.45) is 3.13. The van der Waals surface area contributed by atoms with Crippen LogP contribution in [0.15, 0.2) is 36.4 Å². The smallest absolute Gasteiger partial charge is 0.248 e. The minimum absolute atomic E-state index is 0.0271. The van der Waals surface area contributed by atoms with Crippen LogP contribution < -0.4 is 10.6 Å². The Balaban J connectivity index is 2.63. The molecule has 0 bridgehead atoms. The normalized spacial score (nSPS) is 10.7. The Hall–Kier alpha value is -2.10. The molecule has 2 N–H and O–H groups in total. The van der Waals surface area contributed by atoms with Crippen LogP contribution in [0.5, 0.6) is 0 Å². The van der Waals surface area contributed by atoms with Gasteiger partial charge in [-0.05, 0) is 37.3 Å². The van der Waals surface area contributed by atoms with Gasteiger partial charge in [-0.3, -0.25) is 9.59 Å². The van der Waals surface area contributed by atoms with Crippen LogP contribution in [0.3, 0.4) is 0 Å². The summed E-state index contributed by atoms with van der Waals surface area (Å²) in [6, 6.07) is 7.01. The zero-order valence-electron chi connectivity index (χ0n) is 10.9. The summed E-state index contributed by atoms with van der Waals surface area (Å²) in [4.78, 5) is 22.8. The Labute approximate surface area is 107 Å². The lowest BCUT2D eigenvalue weighted by atomic mass is 10.2. The second-order valence-electron chi connectivity index (χ2n) is 4.21. The highest BCUT2D eigenvalue weighted by molar-refractivity contribution is 5.99. The molecular weight excluding hydrogens is 228 g/mol. The third-order valence-electron chi connectivity index (χ3n) is 2.26. The SMILES string of the molecule is CC=CC(=O)Nc1ccc(NC(=O)C(C)C)cc1. The molecule has 4 heteroatoms. The molecule has 4 nitrogen and oxygen atoms in total. The number of allylic oxidation sites excluding steroid dienone is 1. The van der Waals surface area contributed by atoms with Crippen molar-refractivity contribution in [2.75, 3.05) is 10.6 Å². The van der Waals surface area contributed by atoms with Gasteiger partial charge < -0.3 is 10.6 Å². The molecule has 0 saturated heterocycles. The fourth-order valence-corrected chi connectivity index (χ4v) is 1.26. The van der Waals surface area contributed by atoms with E-state index in [-0.39, 0.29) is 17.7 Å². The summed E-state index contributed by atoms with van der Waals surface area (Å²) in [5.74, 6) is -0.253. The Morgan fingerprint density at radius 2 is 1.56 bits per heavy atom. The highest BCUT2D eigenvalue weighted by Crippen LogP contribution is 2.14. The van der Waals surface area contributed by atoms with Crippen LogP contribution in [-0.4, -0.2) is 11.8 Å². The Morgan fingerprint density at radius 3 is 2.00 bits per heavy atom. The molecule has 0 unspecified atom stereocenters. The first-order chi connectivity index (χ1) is 8.52. The molecule has 0 aliphatic heterocycles. The molecule has 2 amide bonds. The number of carbonyl (C=O) groups excluding carboxylic acids is 2. The number of benzene rings is 1. The number of hydrogen-bond donors (Lipinski definition) is 2. The lowest BCUT2D eigenvalue weighted by Gasteiger charge is -2.08. The van der Waals surface area contributed by atoms with Gasteiger partial charge in [-0.1, -0.05) is 19.9 Å². The van der Waals surface area contributed by atoms with E-state index in [2.05, 4.69) is 10.6 Å². The molecule has 0 radical (unpaired) electrons. The summed E-state index contributed by atoms with van der Waals surface area (Å²) in [5, 5.41) is 5.49. The van der Waals surface area contributed by atoms with Crippen LogP contribution in [-0.2, 0) is 9.59 Å². The predicted octanol–water partition coefficient (Wildman–Crippen LogP) is 2.80. The molecule has 1 rings (SSSR count). The van der Waals surface area contributed by atoms with Gasteiger partial charge in [0.2, 0.25) is 11.8 Å². The van der Waals surface area contributed by atoms with Crippen molar-refractivity contribution in [3.05, 3.63) is 36.4 Å². The molecule has 1 aromatic rings. The molecule has 18 heavy (non-hydrogen) atoms. The van der Waals surface area contributed by atoms with Gasteiger partial charge in [0.1, 0.15) is 0 Å². The van der Waals surface area contributed by atoms with Gasteiger partial charge in [0.05, 0.1) is 0 Å². The summed E-state index contributed by atoms with van der Waals surface area (Å²) >= 11 is 0. The molecule has 0 heterocycles. The number of anilines is 2. The van der Waals surface area contributed by atoms with Gasteiger partial charge >= 0.3 is 0 Å². The molecule has 0 spiro atoms. The molecule has 0 saturated carbocycles. The van der Waals surface area contributed by atoms with Crippen molar-refractivity contribution in [1.82, 2.24) is 0 Å². The van der Waals surface area contributed by atoms with Gasteiger partial charge in [-0.25, -0.2) is 0 Å². The minimum Gasteiger partial charge on any atom is -0.326 e. The molecule has 0 aromatic heterocycles. The largest absolute Gasteiger partial charge is 0.326 e. The minimum atomic E-state index is -0.170. The van der Waals surface area contributed by atoms with Crippen LogP contribution in [0.2, 0.25) is 0 Å². The van der Waals surface area contributed by atoms with E-state index in [1.807, 2.05) is 13.8 Å². The first-order valence-corrected chi connectivity index (χ1v) is 5.87.